The summed E-state index contributed by atoms with van der Waals surface area (Å²) < 4.78 is 4.76. The van der Waals surface area contributed by atoms with Gasteiger partial charge in [-0.3, -0.25) is 4.79 Å². The van der Waals surface area contributed by atoms with Crippen LogP contribution in [0.15, 0.2) is 18.2 Å². The molecule has 0 fully saturated rings. The number of fused-ring (bicyclic) bond motifs is 1. The Morgan fingerprint density at radius 1 is 1.38 bits per heavy atom. The average molecular weight is 290 g/mol. The standard InChI is InChI=1S/C16H22N2O3/c1-10(2)8-14(16(20)21-3)18-15(19)12-4-5-13-11(9-12)6-7-17-13/h4-5,9-10,14,17H,6-8H2,1-3H3,(H,18,19)/t14-/m0/s1. The van der Waals surface area contributed by atoms with E-state index in [0.717, 1.165) is 24.2 Å². The summed E-state index contributed by atoms with van der Waals surface area (Å²) in [6.07, 6.45) is 1.48. The van der Waals surface area contributed by atoms with Crippen molar-refractivity contribution in [1.82, 2.24) is 5.32 Å². The van der Waals surface area contributed by atoms with E-state index in [1.54, 1.807) is 6.07 Å². The van der Waals surface area contributed by atoms with Crippen LogP contribution in [0, 0.1) is 5.92 Å². The Kier molecular flexibility index (Phi) is 4.83. The van der Waals surface area contributed by atoms with Crippen LogP contribution < -0.4 is 10.6 Å². The van der Waals surface area contributed by atoms with Crippen LogP contribution >= 0.6 is 0 Å². The number of benzene rings is 1. The Balaban J connectivity index is 2.09. The second kappa shape index (κ2) is 6.61. The third-order valence-corrected chi connectivity index (χ3v) is 3.58. The van der Waals surface area contributed by atoms with Gasteiger partial charge < -0.3 is 15.4 Å². The maximum atomic E-state index is 12.3. The van der Waals surface area contributed by atoms with Crippen LogP contribution in [0.2, 0.25) is 0 Å². The minimum Gasteiger partial charge on any atom is -0.467 e. The zero-order valence-electron chi connectivity index (χ0n) is 12.7. The van der Waals surface area contributed by atoms with Gasteiger partial charge in [-0.15, -0.1) is 0 Å². The molecule has 1 atom stereocenters. The lowest BCUT2D eigenvalue weighted by molar-refractivity contribution is -0.143. The van der Waals surface area contributed by atoms with Gasteiger partial charge >= 0.3 is 5.97 Å². The lowest BCUT2D eigenvalue weighted by Crippen LogP contribution is -2.42. The highest BCUT2D eigenvalue weighted by atomic mass is 16.5. The van der Waals surface area contributed by atoms with Crippen molar-refractivity contribution in [3.8, 4) is 0 Å². The highest BCUT2D eigenvalue weighted by molar-refractivity contribution is 5.97. The molecule has 0 bridgehead atoms. The molecule has 1 aromatic carbocycles. The van der Waals surface area contributed by atoms with E-state index in [1.165, 1.54) is 7.11 Å². The Hall–Kier alpha value is -2.04. The maximum absolute atomic E-state index is 12.3. The van der Waals surface area contributed by atoms with Crippen molar-refractivity contribution in [2.24, 2.45) is 5.92 Å². The van der Waals surface area contributed by atoms with Crippen LogP contribution in [-0.2, 0) is 16.0 Å². The molecular weight excluding hydrogens is 268 g/mol. The molecule has 5 nitrogen and oxygen atoms in total. The number of esters is 1. The van der Waals surface area contributed by atoms with E-state index in [-0.39, 0.29) is 5.91 Å². The predicted molar refractivity (Wildman–Crippen MR) is 81.4 cm³/mol. The van der Waals surface area contributed by atoms with E-state index in [2.05, 4.69) is 10.6 Å². The van der Waals surface area contributed by atoms with Crippen molar-refractivity contribution in [3.05, 3.63) is 29.3 Å². The molecule has 1 aliphatic heterocycles. The lowest BCUT2D eigenvalue weighted by Gasteiger charge is -2.18. The van der Waals surface area contributed by atoms with E-state index in [1.807, 2.05) is 26.0 Å². The average Bonchev–Trinajstić information content (AvgIpc) is 2.92. The molecule has 0 aliphatic carbocycles. The van der Waals surface area contributed by atoms with Gasteiger partial charge in [-0.2, -0.15) is 0 Å². The van der Waals surface area contributed by atoms with Crippen molar-refractivity contribution >= 4 is 17.6 Å². The molecule has 1 aliphatic rings. The Labute approximate surface area is 125 Å². The van der Waals surface area contributed by atoms with Gasteiger partial charge in [-0.25, -0.2) is 4.79 Å². The van der Waals surface area contributed by atoms with Crippen molar-refractivity contribution in [3.63, 3.8) is 0 Å². The first-order valence-electron chi connectivity index (χ1n) is 7.26. The van der Waals surface area contributed by atoms with Gasteiger partial charge in [0.05, 0.1) is 7.11 Å². The number of anilines is 1. The summed E-state index contributed by atoms with van der Waals surface area (Å²) in [5.41, 5.74) is 2.80. The molecule has 1 aromatic rings. The molecule has 2 rings (SSSR count). The minimum atomic E-state index is -0.603. The molecule has 0 saturated carbocycles. The van der Waals surface area contributed by atoms with Crippen LogP contribution in [0.4, 0.5) is 5.69 Å². The second-order valence-corrected chi connectivity index (χ2v) is 5.73. The number of carbonyl (C=O) groups excluding carboxylic acids is 2. The molecule has 0 aromatic heterocycles. The molecule has 0 spiro atoms. The number of methoxy groups -OCH3 is 1. The van der Waals surface area contributed by atoms with Crippen molar-refractivity contribution in [1.29, 1.82) is 0 Å². The molecule has 0 saturated heterocycles. The summed E-state index contributed by atoms with van der Waals surface area (Å²) in [5, 5.41) is 6.03. The highest BCUT2D eigenvalue weighted by Gasteiger charge is 2.23. The molecule has 0 unspecified atom stereocenters. The number of ether oxygens (including phenoxy) is 1. The van der Waals surface area contributed by atoms with Gasteiger partial charge in [0.25, 0.3) is 5.91 Å². The molecular formula is C16H22N2O3. The van der Waals surface area contributed by atoms with E-state index >= 15 is 0 Å². The summed E-state index contributed by atoms with van der Waals surface area (Å²) in [6.45, 7) is 4.91. The predicted octanol–water partition coefficient (Wildman–Crippen LogP) is 1.97. The number of hydrogen-bond donors (Lipinski definition) is 2. The number of nitrogens with one attached hydrogen (secondary N) is 2. The van der Waals surface area contributed by atoms with Gasteiger partial charge in [-0.1, -0.05) is 13.8 Å². The van der Waals surface area contributed by atoms with Crippen molar-refractivity contribution in [2.45, 2.75) is 32.7 Å². The normalized spacial score (nSPS) is 14.3. The van der Waals surface area contributed by atoms with Gasteiger partial charge in [0.1, 0.15) is 6.04 Å². The topological polar surface area (TPSA) is 67.4 Å². The molecule has 21 heavy (non-hydrogen) atoms. The molecule has 0 radical (unpaired) electrons. The number of amides is 1. The monoisotopic (exact) mass is 290 g/mol. The van der Waals surface area contributed by atoms with Crippen molar-refractivity contribution < 1.29 is 14.3 Å². The summed E-state index contributed by atoms with van der Waals surface area (Å²) >= 11 is 0. The van der Waals surface area contributed by atoms with Crippen LogP contribution in [0.5, 0.6) is 0 Å². The molecule has 5 heteroatoms. The molecule has 114 valence electrons. The first-order chi connectivity index (χ1) is 10.0. The fraction of sp³-hybridized carbons (Fsp3) is 0.500. The Bertz CT molecular complexity index is 540. The van der Waals surface area contributed by atoms with E-state index in [0.29, 0.717) is 17.9 Å². The van der Waals surface area contributed by atoms with Gasteiger partial charge in [0, 0.05) is 17.8 Å². The summed E-state index contributed by atoms with van der Waals surface area (Å²) in [5.74, 6) is -0.348. The SMILES string of the molecule is COC(=O)[C@H](CC(C)C)NC(=O)c1ccc2c(c1)CCN2. The second-order valence-electron chi connectivity index (χ2n) is 5.73. The first-order valence-corrected chi connectivity index (χ1v) is 7.26. The van der Waals surface area contributed by atoms with Gasteiger partial charge in [0.2, 0.25) is 0 Å². The van der Waals surface area contributed by atoms with Crippen LogP contribution in [0.1, 0.15) is 36.2 Å². The van der Waals surface area contributed by atoms with E-state index in [9.17, 15) is 9.59 Å². The first kappa shape index (κ1) is 15.4. The largest absolute Gasteiger partial charge is 0.467 e. The molecule has 1 heterocycles. The highest BCUT2D eigenvalue weighted by Crippen LogP contribution is 2.23. The maximum Gasteiger partial charge on any atom is 0.328 e. The quantitative estimate of drug-likeness (QED) is 0.814. The lowest BCUT2D eigenvalue weighted by atomic mass is 10.0. The number of carbonyl (C=O) groups is 2. The van der Waals surface area contributed by atoms with Crippen molar-refractivity contribution in [2.75, 3.05) is 19.0 Å². The van der Waals surface area contributed by atoms with Crippen LogP contribution in [0.25, 0.3) is 0 Å². The van der Waals surface area contributed by atoms with Crippen LogP contribution in [-0.4, -0.2) is 31.6 Å². The third-order valence-electron chi connectivity index (χ3n) is 3.58. The number of hydrogen-bond acceptors (Lipinski definition) is 4. The summed E-state index contributed by atoms with van der Waals surface area (Å²) in [7, 11) is 1.34. The summed E-state index contributed by atoms with van der Waals surface area (Å²) in [6, 6.07) is 4.96. The molecule has 1 amide bonds. The fourth-order valence-electron chi connectivity index (χ4n) is 2.52. The van der Waals surface area contributed by atoms with Crippen LogP contribution in [0.3, 0.4) is 0 Å². The Morgan fingerprint density at radius 2 is 2.14 bits per heavy atom. The van der Waals surface area contributed by atoms with E-state index < -0.39 is 12.0 Å². The zero-order chi connectivity index (χ0) is 15.4. The fourth-order valence-corrected chi connectivity index (χ4v) is 2.52. The summed E-state index contributed by atoms with van der Waals surface area (Å²) in [4.78, 5) is 24.1. The smallest absolute Gasteiger partial charge is 0.328 e. The minimum absolute atomic E-state index is 0.235. The zero-order valence-corrected chi connectivity index (χ0v) is 12.7. The molecule has 2 N–H and O–H groups in total. The van der Waals surface area contributed by atoms with Gasteiger partial charge in [0.15, 0.2) is 0 Å². The van der Waals surface area contributed by atoms with E-state index in [4.69, 9.17) is 4.74 Å². The number of rotatable bonds is 5. The third kappa shape index (κ3) is 3.74. The van der Waals surface area contributed by atoms with Gasteiger partial charge in [-0.05, 0) is 42.5 Å². The Morgan fingerprint density at radius 3 is 2.81 bits per heavy atom.